The van der Waals surface area contributed by atoms with Gasteiger partial charge in [-0.25, -0.2) is 0 Å². The van der Waals surface area contributed by atoms with E-state index in [4.69, 9.17) is 16.3 Å². The van der Waals surface area contributed by atoms with Crippen LogP contribution in [0.1, 0.15) is 18.9 Å². The third-order valence-corrected chi connectivity index (χ3v) is 2.31. The number of esters is 1. The molecule has 1 aromatic carbocycles. The lowest BCUT2D eigenvalue weighted by atomic mass is 10.2. The molecule has 0 aliphatic carbocycles. The quantitative estimate of drug-likeness (QED) is 0.642. The molecule has 0 radical (unpaired) electrons. The molecule has 0 saturated carbocycles. The summed E-state index contributed by atoms with van der Waals surface area (Å²) in [6, 6.07) is 7.62. The predicted octanol–water partition coefficient (Wildman–Crippen LogP) is 2.80. The van der Waals surface area contributed by atoms with E-state index in [0.717, 1.165) is 17.1 Å². The van der Waals surface area contributed by atoms with Gasteiger partial charge in [-0.15, -0.1) is 12.4 Å². The van der Waals surface area contributed by atoms with Crippen molar-refractivity contribution in [2.75, 3.05) is 13.2 Å². The van der Waals surface area contributed by atoms with Crippen LogP contribution in [-0.2, 0) is 16.1 Å². The highest BCUT2D eigenvalue weighted by atomic mass is 35.5. The lowest BCUT2D eigenvalue weighted by Crippen LogP contribution is -2.18. The zero-order valence-electron chi connectivity index (χ0n) is 9.74. The summed E-state index contributed by atoms with van der Waals surface area (Å²) in [7, 11) is 0. The van der Waals surface area contributed by atoms with Gasteiger partial charge in [0.1, 0.15) is 0 Å². The molecule has 1 rings (SSSR count). The molecule has 0 unspecified atom stereocenters. The van der Waals surface area contributed by atoms with Crippen LogP contribution in [0.2, 0.25) is 5.02 Å². The van der Waals surface area contributed by atoms with Crippen LogP contribution in [0.3, 0.4) is 0 Å². The smallest absolute Gasteiger partial charge is 0.307 e. The fraction of sp³-hybridized carbons (Fsp3) is 0.417. The number of nitrogens with one attached hydrogen (secondary N) is 1. The summed E-state index contributed by atoms with van der Waals surface area (Å²) in [6.45, 7) is 3.60. The maximum Gasteiger partial charge on any atom is 0.307 e. The molecule has 0 aliphatic heterocycles. The first-order chi connectivity index (χ1) is 7.72. The van der Waals surface area contributed by atoms with Gasteiger partial charge in [0.25, 0.3) is 0 Å². The highest BCUT2D eigenvalue weighted by Crippen LogP contribution is 2.08. The molecule has 96 valence electrons. The predicted molar refractivity (Wildman–Crippen MR) is 71.7 cm³/mol. The van der Waals surface area contributed by atoms with E-state index in [0.29, 0.717) is 19.6 Å². The zero-order valence-corrected chi connectivity index (χ0v) is 11.3. The third-order valence-electron chi connectivity index (χ3n) is 2.05. The van der Waals surface area contributed by atoms with Gasteiger partial charge < -0.3 is 10.1 Å². The Kier molecular flexibility index (Phi) is 8.86. The van der Waals surface area contributed by atoms with Crippen LogP contribution >= 0.6 is 24.0 Å². The van der Waals surface area contributed by atoms with E-state index in [1.54, 1.807) is 6.92 Å². The molecule has 17 heavy (non-hydrogen) atoms. The molecular weight excluding hydrogens is 261 g/mol. The number of rotatable bonds is 6. The minimum Gasteiger partial charge on any atom is -0.466 e. The number of carbonyl (C=O) groups is 1. The molecule has 0 aliphatic rings. The summed E-state index contributed by atoms with van der Waals surface area (Å²) in [5.74, 6) is -0.161. The van der Waals surface area contributed by atoms with E-state index >= 15 is 0 Å². The van der Waals surface area contributed by atoms with Crippen molar-refractivity contribution >= 4 is 30.0 Å². The summed E-state index contributed by atoms with van der Waals surface area (Å²) in [4.78, 5) is 11.0. The van der Waals surface area contributed by atoms with Crippen LogP contribution in [-0.4, -0.2) is 19.1 Å². The average Bonchev–Trinajstić information content (AvgIpc) is 2.27. The number of carbonyl (C=O) groups excluding carboxylic acids is 1. The number of hydrogen-bond acceptors (Lipinski definition) is 3. The average molecular weight is 278 g/mol. The second-order valence-electron chi connectivity index (χ2n) is 3.36. The van der Waals surface area contributed by atoms with Crippen LogP contribution in [0.5, 0.6) is 0 Å². The molecule has 0 amide bonds. The molecule has 0 fully saturated rings. The number of halogens is 2. The van der Waals surface area contributed by atoms with Gasteiger partial charge in [-0.05, 0) is 24.6 Å². The van der Waals surface area contributed by atoms with E-state index < -0.39 is 0 Å². The molecule has 0 heterocycles. The Balaban J connectivity index is 0.00000256. The van der Waals surface area contributed by atoms with Gasteiger partial charge in [-0.2, -0.15) is 0 Å². The number of benzene rings is 1. The van der Waals surface area contributed by atoms with Gasteiger partial charge in [0.05, 0.1) is 13.0 Å². The fourth-order valence-electron chi connectivity index (χ4n) is 1.26. The topological polar surface area (TPSA) is 38.3 Å². The van der Waals surface area contributed by atoms with Gasteiger partial charge in [0.2, 0.25) is 0 Å². The standard InChI is InChI=1S/C12H16ClNO2.ClH/c1-2-16-12(15)7-8-14-9-10-3-5-11(13)6-4-10;/h3-6,14H,2,7-9H2,1H3;1H. The minimum atomic E-state index is -0.161. The Bertz CT molecular complexity index is 328. The first-order valence-electron chi connectivity index (χ1n) is 5.33. The van der Waals surface area contributed by atoms with Gasteiger partial charge in [0.15, 0.2) is 0 Å². The maximum atomic E-state index is 11.0. The maximum absolute atomic E-state index is 11.0. The van der Waals surface area contributed by atoms with E-state index in [9.17, 15) is 4.79 Å². The number of hydrogen-bond donors (Lipinski definition) is 1. The van der Waals surface area contributed by atoms with Crippen molar-refractivity contribution in [1.82, 2.24) is 5.32 Å². The Morgan fingerprint density at radius 2 is 2.00 bits per heavy atom. The first-order valence-corrected chi connectivity index (χ1v) is 5.71. The normalized spacial score (nSPS) is 9.53. The second kappa shape index (κ2) is 9.28. The molecule has 0 spiro atoms. The Hall–Kier alpha value is -0.770. The van der Waals surface area contributed by atoms with Crippen LogP contribution in [0.15, 0.2) is 24.3 Å². The number of ether oxygens (including phenoxy) is 1. The Labute approximate surface area is 113 Å². The van der Waals surface area contributed by atoms with Crippen molar-refractivity contribution in [2.24, 2.45) is 0 Å². The van der Waals surface area contributed by atoms with Crippen LogP contribution in [0.25, 0.3) is 0 Å². The molecule has 3 nitrogen and oxygen atoms in total. The lowest BCUT2D eigenvalue weighted by molar-refractivity contribution is -0.142. The molecule has 1 N–H and O–H groups in total. The SMILES string of the molecule is CCOC(=O)CCNCc1ccc(Cl)cc1.Cl. The van der Waals surface area contributed by atoms with Crippen molar-refractivity contribution in [2.45, 2.75) is 19.9 Å². The molecule has 0 saturated heterocycles. The monoisotopic (exact) mass is 277 g/mol. The first kappa shape index (κ1) is 16.2. The van der Waals surface area contributed by atoms with Gasteiger partial charge in [0, 0.05) is 18.1 Å². The summed E-state index contributed by atoms with van der Waals surface area (Å²) in [5.41, 5.74) is 1.15. The summed E-state index contributed by atoms with van der Waals surface area (Å²) < 4.78 is 4.81. The highest BCUT2D eigenvalue weighted by molar-refractivity contribution is 6.30. The highest BCUT2D eigenvalue weighted by Gasteiger charge is 2.00. The van der Waals surface area contributed by atoms with E-state index in [-0.39, 0.29) is 18.4 Å². The van der Waals surface area contributed by atoms with Crippen LogP contribution in [0.4, 0.5) is 0 Å². The summed E-state index contributed by atoms with van der Waals surface area (Å²) >= 11 is 5.77. The van der Waals surface area contributed by atoms with Crippen LogP contribution in [0, 0.1) is 0 Å². The molecular formula is C12H17Cl2NO2. The van der Waals surface area contributed by atoms with Gasteiger partial charge in [-0.3, -0.25) is 4.79 Å². The summed E-state index contributed by atoms with van der Waals surface area (Å²) in [5, 5.41) is 3.90. The summed E-state index contributed by atoms with van der Waals surface area (Å²) in [6.07, 6.45) is 0.404. The van der Waals surface area contributed by atoms with Crippen molar-refractivity contribution in [1.29, 1.82) is 0 Å². The van der Waals surface area contributed by atoms with E-state index in [1.165, 1.54) is 0 Å². The minimum absolute atomic E-state index is 0. The molecule has 0 aromatic heterocycles. The van der Waals surface area contributed by atoms with Gasteiger partial charge in [-0.1, -0.05) is 23.7 Å². The largest absolute Gasteiger partial charge is 0.466 e. The van der Waals surface area contributed by atoms with Crippen molar-refractivity contribution in [3.05, 3.63) is 34.9 Å². The van der Waals surface area contributed by atoms with Gasteiger partial charge >= 0.3 is 5.97 Å². The van der Waals surface area contributed by atoms with Crippen LogP contribution < -0.4 is 5.32 Å². The van der Waals surface area contributed by atoms with E-state index in [1.807, 2.05) is 24.3 Å². The Morgan fingerprint density at radius 3 is 2.59 bits per heavy atom. The van der Waals surface area contributed by atoms with Crippen molar-refractivity contribution in [3.8, 4) is 0 Å². The molecule has 5 heteroatoms. The van der Waals surface area contributed by atoms with Crippen molar-refractivity contribution in [3.63, 3.8) is 0 Å². The third kappa shape index (κ3) is 7.21. The molecule has 0 bridgehead atoms. The molecule has 1 aromatic rings. The van der Waals surface area contributed by atoms with E-state index in [2.05, 4.69) is 5.32 Å². The fourth-order valence-corrected chi connectivity index (χ4v) is 1.38. The molecule has 0 atom stereocenters. The zero-order chi connectivity index (χ0) is 11.8. The lowest BCUT2D eigenvalue weighted by Gasteiger charge is -2.04. The van der Waals surface area contributed by atoms with Crippen molar-refractivity contribution < 1.29 is 9.53 Å². The Morgan fingerprint density at radius 1 is 1.35 bits per heavy atom. The second-order valence-corrected chi connectivity index (χ2v) is 3.79.